The SMILES string of the molecule is CC1(C)c2cc(Cl)ccc2CC(=O)N2c3ccccc3SC21. The molecule has 0 saturated carbocycles. The first-order valence-corrected chi connectivity index (χ1v) is 8.61. The summed E-state index contributed by atoms with van der Waals surface area (Å²) in [4.78, 5) is 16.0. The van der Waals surface area contributed by atoms with E-state index in [1.165, 1.54) is 10.5 Å². The number of amides is 1. The second-order valence-corrected chi connectivity index (χ2v) is 7.96. The lowest BCUT2D eigenvalue weighted by molar-refractivity contribution is -0.118. The van der Waals surface area contributed by atoms with E-state index in [1.54, 1.807) is 11.8 Å². The van der Waals surface area contributed by atoms with Gasteiger partial charge in [0.05, 0.1) is 17.5 Å². The van der Waals surface area contributed by atoms with Crippen LogP contribution in [0.3, 0.4) is 0 Å². The van der Waals surface area contributed by atoms with E-state index in [0.717, 1.165) is 16.3 Å². The fourth-order valence-corrected chi connectivity index (χ4v) is 5.09. The second kappa shape index (κ2) is 4.77. The molecule has 0 aromatic heterocycles. The zero-order chi connectivity index (χ0) is 15.5. The van der Waals surface area contributed by atoms with Gasteiger partial charge in [0.1, 0.15) is 0 Å². The summed E-state index contributed by atoms with van der Waals surface area (Å²) < 4.78 is 0. The molecule has 2 aliphatic rings. The van der Waals surface area contributed by atoms with Crippen LogP contribution in [0.5, 0.6) is 0 Å². The van der Waals surface area contributed by atoms with Crippen molar-refractivity contribution < 1.29 is 4.79 Å². The number of nitrogens with zero attached hydrogens (tertiary/aromatic N) is 1. The Morgan fingerprint density at radius 1 is 1.23 bits per heavy atom. The molecule has 0 radical (unpaired) electrons. The number of para-hydroxylation sites is 1. The van der Waals surface area contributed by atoms with E-state index in [9.17, 15) is 4.79 Å². The summed E-state index contributed by atoms with van der Waals surface area (Å²) in [7, 11) is 0. The van der Waals surface area contributed by atoms with Crippen molar-refractivity contribution in [2.45, 2.75) is 36.0 Å². The monoisotopic (exact) mass is 329 g/mol. The predicted octanol–water partition coefficient (Wildman–Crippen LogP) is 4.64. The predicted molar refractivity (Wildman–Crippen MR) is 91.8 cm³/mol. The number of carbonyl (C=O) groups is 1. The van der Waals surface area contributed by atoms with Crippen molar-refractivity contribution in [2.75, 3.05) is 4.90 Å². The molecule has 0 N–H and O–H groups in total. The second-order valence-electron chi connectivity index (χ2n) is 6.40. The van der Waals surface area contributed by atoms with Crippen molar-refractivity contribution in [1.29, 1.82) is 0 Å². The third kappa shape index (κ3) is 1.92. The molecule has 2 aromatic carbocycles. The van der Waals surface area contributed by atoms with Crippen molar-refractivity contribution in [3.63, 3.8) is 0 Å². The highest BCUT2D eigenvalue weighted by Gasteiger charge is 2.47. The number of rotatable bonds is 0. The molecule has 1 atom stereocenters. The number of fused-ring (bicyclic) bond motifs is 4. The maximum atomic E-state index is 12.9. The van der Waals surface area contributed by atoms with E-state index in [-0.39, 0.29) is 16.7 Å². The number of benzene rings is 2. The van der Waals surface area contributed by atoms with Gasteiger partial charge in [0, 0.05) is 15.3 Å². The van der Waals surface area contributed by atoms with Crippen LogP contribution in [-0.2, 0) is 16.6 Å². The quantitative estimate of drug-likeness (QED) is 0.702. The molecule has 1 amide bonds. The lowest BCUT2D eigenvalue weighted by Gasteiger charge is -2.35. The van der Waals surface area contributed by atoms with Crippen LogP contribution < -0.4 is 4.90 Å². The molecule has 2 heterocycles. The summed E-state index contributed by atoms with van der Waals surface area (Å²) in [6, 6.07) is 14.1. The van der Waals surface area contributed by atoms with E-state index in [0.29, 0.717) is 6.42 Å². The van der Waals surface area contributed by atoms with Crippen LogP contribution in [0.1, 0.15) is 25.0 Å². The van der Waals surface area contributed by atoms with Crippen molar-refractivity contribution in [1.82, 2.24) is 0 Å². The highest BCUT2D eigenvalue weighted by atomic mass is 35.5. The molecule has 22 heavy (non-hydrogen) atoms. The van der Waals surface area contributed by atoms with Crippen molar-refractivity contribution in [3.05, 3.63) is 58.6 Å². The smallest absolute Gasteiger partial charge is 0.232 e. The minimum Gasteiger partial charge on any atom is -0.297 e. The fourth-order valence-electron chi connectivity index (χ4n) is 3.47. The Hall–Kier alpha value is -1.45. The topological polar surface area (TPSA) is 20.3 Å². The molecule has 0 bridgehead atoms. The summed E-state index contributed by atoms with van der Waals surface area (Å²) in [6.45, 7) is 4.41. The molecule has 2 aromatic rings. The first kappa shape index (κ1) is 14.2. The number of thioether (sulfide) groups is 1. The molecular formula is C18H16ClNOS. The molecule has 2 nitrogen and oxygen atoms in total. The molecule has 0 spiro atoms. The van der Waals surface area contributed by atoms with Gasteiger partial charge >= 0.3 is 0 Å². The standard InChI is InChI=1S/C18H16ClNOS/c1-18(2)13-10-12(19)8-7-11(13)9-16(21)20-14-5-3-4-6-15(14)22-17(18)20/h3-8,10,17H,9H2,1-2H3. The molecular weight excluding hydrogens is 314 g/mol. The number of hydrogen-bond donors (Lipinski definition) is 0. The molecule has 112 valence electrons. The molecule has 4 heteroatoms. The van der Waals surface area contributed by atoms with Gasteiger partial charge in [-0.2, -0.15) is 0 Å². The summed E-state index contributed by atoms with van der Waals surface area (Å²) in [5.74, 6) is 0.164. The molecule has 4 rings (SSSR count). The Labute approximate surface area is 139 Å². The maximum absolute atomic E-state index is 12.9. The Morgan fingerprint density at radius 3 is 2.82 bits per heavy atom. The summed E-state index contributed by atoms with van der Waals surface area (Å²) in [5.41, 5.74) is 3.14. The fraction of sp³-hybridized carbons (Fsp3) is 0.278. The van der Waals surface area contributed by atoms with Crippen LogP contribution in [0.4, 0.5) is 5.69 Å². The number of anilines is 1. The molecule has 0 aliphatic carbocycles. The largest absolute Gasteiger partial charge is 0.297 e. The zero-order valence-corrected chi connectivity index (χ0v) is 14.0. The van der Waals surface area contributed by atoms with Gasteiger partial charge in [-0.25, -0.2) is 0 Å². The van der Waals surface area contributed by atoms with Gasteiger partial charge in [0.2, 0.25) is 5.91 Å². The lowest BCUT2D eigenvalue weighted by atomic mass is 9.81. The summed E-state index contributed by atoms with van der Waals surface area (Å²) in [6.07, 6.45) is 0.432. The number of hydrogen-bond acceptors (Lipinski definition) is 2. The van der Waals surface area contributed by atoms with Gasteiger partial charge in [-0.3, -0.25) is 9.69 Å². The summed E-state index contributed by atoms with van der Waals surface area (Å²) >= 11 is 8.00. The average molecular weight is 330 g/mol. The first-order chi connectivity index (χ1) is 10.5. The maximum Gasteiger partial charge on any atom is 0.232 e. The highest BCUT2D eigenvalue weighted by Crippen LogP contribution is 2.52. The van der Waals surface area contributed by atoms with Crippen molar-refractivity contribution >= 4 is 35.0 Å². The summed E-state index contributed by atoms with van der Waals surface area (Å²) in [5, 5.41) is 0.797. The minimum atomic E-state index is -0.171. The zero-order valence-electron chi connectivity index (χ0n) is 12.5. The van der Waals surface area contributed by atoms with E-state index in [4.69, 9.17) is 11.6 Å². The van der Waals surface area contributed by atoms with Crippen LogP contribution in [0, 0.1) is 0 Å². The number of halogens is 1. The highest BCUT2D eigenvalue weighted by molar-refractivity contribution is 8.00. The lowest BCUT2D eigenvalue weighted by Crippen LogP contribution is -2.44. The average Bonchev–Trinajstić information content (AvgIpc) is 2.86. The van der Waals surface area contributed by atoms with E-state index in [2.05, 4.69) is 19.9 Å². The Morgan fingerprint density at radius 2 is 2.00 bits per heavy atom. The number of carbonyl (C=O) groups excluding carboxylic acids is 1. The van der Waals surface area contributed by atoms with Gasteiger partial charge in [0.15, 0.2) is 0 Å². The van der Waals surface area contributed by atoms with E-state index >= 15 is 0 Å². The van der Waals surface area contributed by atoms with Crippen LogP contribution >= 0.6 is 23.4 Å². The normalized spacial score (nSPS) is 21.9. The van der Waals surface area contributed by atoms with Gasteiger partial charge in [-0.15, -0.1) is 0 Å². The molecule has 2 aliphatic heterocycles. The van der Waals surface area contributed by atoms with E-state index < -0.39 is 0 Å². The van der Waals surface area contributed by atoms with Gasteiger partial charge in [-0.1, -0.05) is 55.4 Å². The van der Waals surface area contributed by atoms with Crippen LogP contribution in [-0.4, -0.2) is 11.3 Å². The Bertz CT molecular complexity index is 786. The van der Waals surface area contributed by atoms with Crippen LogP contribution in [0.25, 0.3) is 0 Å². The van der Waals surface area contributed by atoms with Gasteiger partial charge in [-0.05, 0) is 35.4 Å². The molecule has 1 unspecified atom stereocenters. The van der Waals surface area contributed by atoms with Crippen molar-refractivity contribution in [2.24, 2.45) is 0 Å². The van der Waals surface area contributed by atoms with Crippen LogP contribution in [0.2, 0.25) is 5.02 Å². The molecule has 0 saturated heterocycles. The van der Waals surface area contributed by atoms with Gasteiger partial charge in [0.25, 0.3) is 0 Å². The molecule has 0 fully saturated rings. The third-order valence-electron chi connectivity index (χ3n) is 4.59. The first-order valence-electron chi connectivity index (χ1n) is 7.35. The third-order valence-corrected chi connectivity index (χ3v) is 6.45. The Balaban J connectivity index is 1.92. The van der Waals surface area contributed by atoms with E-state index in [1.807, 2.05) is 41.3 Å². The van der Waals surface area contributed by atoms with Gasteiger partial charge < -0.3 is 0 Å². The Kier molecular flexibility index (Phi) is 3.07. The van der Waals surface area contributed by atoms with Crippen LogP contribution in [0.15, 0.2) is 47.4 Å². The minimum absolute atomic E-state index is 0.0668. The van der Waals surface area contributed by atoms with Crippen molar-refractivity contribution in [3.8, 4) is 0 Å².